The third-order valence-corrected chi connectivity index (χ3v) is 2.80. The van der Waals surface area contributed by atoms with E-state index >= 15 is 0 Å². The molecule has 0 bridgehead atoms. The van der Waals surface area contributed by atoms with Crippen LogP contribution in [-0.4, -0.2) is 37.4 Å². The van der Waals surface area contributed by atoms with E-state index in [2.05, 4.69) is 10.6 Å². The van der Waals surface area contributed by atoms with Gasteiger partial charge < -0.3 is 20.5 Å². The minimum Gasteiger partial charge on any atom is -0.478 e. The number of nitrogens with one attached hydrogen (secondary N) is 2. The maximum atomic E-state index is 11.8. The van der Waals surface area contributed by atoms with Crippen LogP contribution in [0.2, 0.25) is 0 Å². The van der Waals surface area contributed by atoms with Crippen molar-refractivity contribution in [1.29, 1.82) is 0 Å². The fourth-order valence-electron chi connectivity index (χ4n) is 1.78. The largest absolute Gasteiger partial charge is 0.478 e. The summed E-state index contributed by atoms with van der Waals surface area (Å²) in [7, 11) is 1.60. The smallest absolute Gasteiger partial charge is 0.337 e. The molecule has 110 valence electrons. The number of carboxylic acid groups (broad SMARTS) is 1. The molecular weight excluding hydrogens is 260 g/mol. The van der Waals surface area contributed by atoms with Gasteiger partial charge in [-0.05, 0) is 24.5 Å². The van der Waals surface area contributed by atoms with Crippen molar-refractivity contribution in [1.82, 2.24) is 5.32 Å². The fourth-order valence-corrected chi connectivity index (χ4v) is 1.78. The molecule has 20 heavy (non-hydrogen) atoms. The number of rotatable bonds is 6. The summed E-state index contributed by atoms with van der Waals surface area (Å²) in [6, 6.07) is 4.42. The molecule has 0 fully saturated rings. The van der Waals surface area contributed by atoms with Gasteiger partial charge in [0.05, 0.1) is 17.9 Å². The quantitative estimate of drug-likeness (QED) is 0.744. The number of methoxy groups -OCH3 is 1. The molecule has 0 spiro atoms. The van der Waals surface area contributed by atoms with Crippen molar-refractivity contribution in [2.75, 3.05) is 25.6 Å². The van der Waals surface area contributed by atoms with E-state index in [1.165, 1.54) is 6.07 Å². The standard InChI is InChI=1S/C14H20N2O4/c1-9(8-20-3)7-15-14(19)16-12-10(2)5-4-6-11(12)13(17)18/h4-6,9H,7-8H2,1-3H3,(H,17,18)(H2,15,16,19). The zero-order chi connectivity index (χ0) is 15.1. The van der Waals surface area contributed by atoms with E-state index in [9.17, 15) is 9.59 Å². The molecule has 0 aliphatic heterocycles. The molecule has 0 saturated heterocycles. The van der Waals surface area contributed by atoms with Gasteiger partial charge in [-0.15, -0.1) is 0 Å². The first-order chi connectivity index (χ1) is 9.45. The predicted octanol–water partition coefficient (Wildman–Crippen LogP) is 2.10. The van der Waals surface area contributed by atoms with Crippen molar-refractivity contribution in [3.05, 3.63) is 29.3 Å². The monoisotopic (exact) mass is 280 g/mol. The summed E-state index contributed by atoms with van der Waals surface area (Å²) < 4.78 is 4.97. The number of urea groups is 1. The number of carbonyl (C=O) groups is 2. The van der Waals surface area contributed by atoms with Gasteiger partial charge in [0.15, 0.2) is 0 Å². The van der Waals surface area contributed by atoms with Crippen LogP contribution in [-0.2, 0) is 4.74 Å². The van der Waals surface area contributed by atoms with Crippen LogP contribution in [0, 0.1) is 12.8 Å². The van der Waals surface area contributed by atoms with Crippen LogP contribution in [0.3, 0.4) is 0 Å². The molecule has 1 rings (SSSR count). The lowest BCUT2D eigenvalue weighted by Gasteiger charge is -2.14. The highest BCUT2D eigenvalue weighted by molar-refractivity contribution is 6.00. The van der Waals surface area contributed by atoms with Crippen molar-refractivity contribution in [3.8, 4) is 0 Å². The zero-order valence-corrected chi connectivity index (χ0v) is 11.9. The molecule has 1 unspecified atom stereocenters. The van der Waals surface area contributed by atoms with E-state index in [1.54, 1.807) is 26.2 Å². The van der Waals surface area contributed by atoms with Crippen molar-refractivity contribution in [2.24, 2.45) is 5.92 Å². The highest BCUT2D eigenvalue weighted by Gasteiger charge is 2.14. The summed E-state index contributed by atoms with van der Waals surface area (Å²) in [5.74, 6) is -0.890. The topological polar surface area (TPSA) is 87.7 Å². The molecule has 6 heteroatoms. The second-order valence-electron chi connectivity index (χ2n) is 4.70. The van der Waals surface area contributed by atoms with E-state index in [4.69, 9.17) is 9.84 Å². The molecule has 1 aromatic rings. The van der Waals surface area contributed by atoms with E-state index < -0.39 is 12.0 Å². The number of benzene rings is 1. The summed E-state index contributed by atoms with van der Waals surface area (Å²) in [4.78, 5) is 22.9. The molecule has 0 aliphatic rings. The highest BCUT2D eigenvalue weighted by Crippen LogP contribution is 2.20. The first-order valence-corrected chi connectivity index (χ1v) is 6.32. The maximum Gasteiger partial charge on any atom is 0.337 e. The molecule has 2 amide bonds. The molecule has 0 aromatic heterocycles. The number of anilines is 1. The van der Waals surface area contributed by atoms with Gasteiger partial charge in [-0.1, -0.05) is 19.1 Å². The molecule has 0 saturated carbocycles. The molecule has 1 aromatic carbocycles. The van der Waals surface area contributed by atoms with Crippen LogP contribution in [0.15, 0.2) is 18.2 Å². The Bertz CT molecular complexity index is 488. The Hall–Kier alpha value is -2.08. The van der Waals surface area contributed by atoms with E-state index in [1.807, 2.05) is 6.92 Å². The minimum absolute atomic E-state index is 0.0742. The second-order valence-corrected chi connectivity index (χ2v) is 4.70. The lowest BCUT2D eigenvalue weighted by atomic mass is 10.1. The van der Waals surface area contributed by atoms with E-state index in [-0.39, 0.29) is 11.5 Å². The van der Waals surface area contributed by atoms with Gasteiger partial charge >= 0.3 is 12.0 Å². The van der Waals surface area contributed by atoms with Gasteiger partial charge in [-0.25, -0.2) is 9.59 Å². The fraction of sp³-hybridized carbons (Fsp3) is 0.429. The Morgan fingerprint density at radius 3 is 2.70 bits per heavy atom. The minimum atomic E-state index is -1.07. The van der Waals surface area contributed by atoms with Crippen molar-refractivity contribution in [2.45, 2.75) is 13.8 Å². The van der Waals surface area contributed by atoms with Crippen LogP contribution in [0.5, 0.6) is 0 Å². The van der Waals surface area contributed by atoms with E-state index in [0.717, 1.165) is 0 Å². The summed E-state index contributed by atoms with van der Waals surface area (Å²) >= 11 is 0. The summed E-state index contributed by atoms with van der Waals surface area (Å²) in [5, 5.41) is 14.4. The van der Waals surface area contributed by atoms with Crippen LogP contribution >= 0.6 is 0 Å². The van der Waals surface area contributed by atoms with Gasteiger partial charge in [-0.3, -0.25) is 0 Å². The number of amides is 2. The van der Waals surface area contributed by atoms with Crippen molar-refractivity contribution < 1.29 is 19.4 Å². The van der Waals surface area contributed by atoms with E-state index in [0.29, 0.717) is 24.4 Å². The summed E-state index contributed by atoms with van der Waals surface area (Å²) in [5.41, 5.74) is 1.09. The Morgan fingerprint density at radius 2 is 2.10 bits per heavy atom. The van der Waals surface area contributed by atoms with Gasteiger partial charge in [0.1, 0.15) is 0 Å². The Kier molecular flexibility index (Phi) is 5.99. The normalized spacial score (nSPS) is 11.8. The maximum absolute atomic E-state index is 11.8. The number of hydrogen-bond acceptors (Lipinski definition) is 3. The number of para-hydroxylation sites is 1. The average Bonchev–Trinajstić information content (AvgIpc) is 2.39. The number of carbonyl (C=O) groups excluding carboxylic acids is 1. The Morgan fingerprint density at radius 1 is 1.40 bits per heavy atom. The highest BCUT2D eigenvalue weighted by atomic mass is 16.5. The third-order valence-electron chi connectivity index (χ3n) is 2.80. The van der Waals surface area contributed by atoms with Crippen LogP contribution in [0.25, 0.3) is 0 Å². The number of ether oxygens (including phenoxy) is 1. The third kappa shape index (κ3) is 4.55. The number of carboxylic acids is 1. The molecule has 0 radical (unpaired) electrons. The number of hydrogen-bond donors (Lipinski definition) is 3. The molecule has 3 N–H and O–H groups in total. The van der Waals surface area contributed by atoms with Gasteiger partial charge in [0.25, 0.3) is 0 Å². The first-order valence-electron chi connectivity index (χ1n) is 6.32. The number of aryl methyl sites for hydroxylation is 1. The lowest BCUT2D eigenvalue weighted by molar-refractivity contribution is 0.0698. The van der Waals surface area contributed by atoms with Crippen molar-refractivity contribution in [3.63, 3.8) is 0 Å². The SMILES string of the molecule is COCC(C)CNC(=O)Nc1c(C)cccc1C(=O)O. The predicted molar refractivity (Wildman–Crippen MR) is 76.2 cm³/mol. The number of aromatic carboxylic acids is 1. The first kappa shape index (κ1) is 16.0. The molecule has 1 atom stereocenters. The van der Waals surface area contributed by atoms with Gasteiger partial charge in [-0.2, -0.15) is 0 Å². The average molecular weight is 280 g/mol. The second kappa shape index (κ2) is 7.49. The molecule has 6 nitrogen and oxygen atoms in total. The summed E-state index contributed by atoms with van der Waals surface area (Å²) in [6.07, 6.45) is 0. The lowest BCUT2D eigenvalue weighted by Crippen LogP contribution is -2.34. The molecular formula is C14H20N2O4. The van der Waals surface area contributed by atoms with Crippen LogP contribution in [0.4, 0.5) is 10.5 Å². The van der Waals surface area contributed by atoms with Gasteiger partial charge in [0.2, 0.25) is 0 Å². The van der Waals surface area contributed by atoms with Crippen LogP contribution in [0.1, 0.15) is 22.8 Å². The Labute approximate surface area is 118 Å². The zero-order valence-electron chi connectivity index (χ0n) is 11.9. The van der Waals surface area contributed by atoms with Gasteiger partial charge in [0, 0.05) is 13.7 Å². The summed E-state index contributed by atoms with van der Waals surface area (Å²) in [6.45, 7) is 4.69. The van der Waals surface area contributed by atoms with Crippen LogP contribution < -0.4 is 10.6 Å². The van der Waals surface area contributed by atoms with Crippen molar-refractivity contribution >= 4 is 17.7 Å². The molecule has 0 heterocycles. The molecule has 0 aliphatic carbocycles. The Balaban J connectivity index is 2.69.